The van der Waals surface area contributed by atoms with Gasteiger partial charge in [0.2, 0.25) is 0 Å². The van der Waals surface area contributed by atoms with E-state index in [0.717, 1.165) is 62.4 Å². The van der Waals surface area contributed by atoms with Gasteiger partial charge in [-0.15, -0.1) is 0 Å². The maximum Gasteiger partial charge on any atom is 0.153 e. The molecule has 192 valence electrons. The lowest BCUT2D eigenvalue weighted by molar-refractivity contribution is 0.0600. The highest BCUT2D eigenvalue weighted by Crippen LogP contribution is 2.31. The molecule has 0 aliphatic carbocycles. The first-order valence-corrected chi connectivity index (χ1v) is 13.2. The summed E-state index contributed by atoms with van der Waals surface area (Å²) in [6, 6.07) is 25.4. The number of aromatic nitrogens is 3. The Bertz CT molecular complexity index is 1230. The predicted molar refractivity (Wildman–Crippen MR) is 144 cm³/mol. The molecule has 3 heterocycles. The molecule has 37 heavy (non-hydrogen) atoms. The first kappa shape index (κ1) is 25.3. The van der Waals surface area contributed by atoms with E-state index in [1.165, 1.54) is 23.4 Å². The SMILES string of the molecule is COC(CN1CCCC(c2cc(Cc3ccc(F)cc3)nn2-c2ccccn2)CCC1)c1ccccc1. The molecular weight excluding hydrogens is 463 g/mol. The third-order valence-electron chi connectivity index (χ3n) is 7.30. The van der Waals surface area contributed by atoms with Gasteiger partial charge in [-0.2, -0.15) is 5.10 Å². The fraction of sp³-hybridized carbons (Fsp3) is 0.355. The number of methoxy groups -OCH3 is 1. The highest BCUT2D eigenvalue weighted by Gasteiger charge is 2.24. The molecule has 0 spiro atoms. The van der Waals surface area contributed by atoms with Crippen LogP contribution in [0.2, 0.25) is 0 Å². The first-order chi connectivity index (χ1) is 18.2. The summed E-state index contributed by atoms with van der Waals surface area (Å²) in [5.74, 6) is 1.05. The molecule has 5 nitrogen and oxygen atoms in total. The van der Waals surface area contributed by atoms with Crippen molar-refractivity contribution < 1.29 is 9.13 Å². The summed E-state index contributed by atoms with van der Waals surface area (Å²) in [7, 11) is 1.81. The molecule has 4 aromatic rings. The quantitative estimate of drug-likeness (QED) is 0.284. The molecule has 1 fully saturated rings. The van der Waals surface area contributed by atoms with Gasteiger partial charge in [0.15, 0.2) is 5.82 Å². The maximum absolute atomic E-state index is 13.4. The van der Waals surface area contributed by atoms with Crippen molar-refractivity contribution in [1.29, 1.82) is 0 Å². The van der Waals surface area contributed by atoms with Crippen LogP contribution < -0.4 is 0 Å². The Balaban J connectivity index is 1.30. The minimum atomic E-state index is -0.215. The Morgan fingerprint density at radius 1 is 0.946 bits per heavy atom. The Morgan fingerprint density at radius 3 is 2.35 bits per heavy atom. The number of rotatable bonds is 8. The zero-order valence-electron chi connectivity index (χ0n) is 21.5. The van der Waals surface area contributed by atoms with Gasteiger partial charge in [0.25, 0.3) is 0 Å². The molecule has 0 saturated carbocycles. The van der Waals surface area contributed by atoms with E-state index in [1.807, 2.05) is 47.3 Å². The molecule has 0 radical (unpaired) electrons. The van der Waals surface area contributed by atoms with Gasteiger partial charge in [-0.3, -0.25) is 0 Å². The minimum absolute atomic E-state index is 0.0935. The second-order valence-corrected chi connectivity index (χ2v) is 9.88. The number of hydrogen-bond acceptors (Lipinski definition) is 4. The van der Waals surface area contributed by atoms with Crippen LogP contribution in [-0.2, 0) is 11.2 Å². The van der Waals surface area contributed by atoms with E-state index in [2.05, 4.69) is 40.2 Å². The minimum Gasteiger partial charge on any atom is -0.375 e. The Hall–Kier alpha value is -3.35. The van der Waals surface area contributed by atoms with Crippen LogP contribution in [0, 0.1) is 5.82 Å². The molecule has 5 rings (SSSR count). The van der Waals surface area contributed by atoms with E-state index in [0.29, 0.717) is 12.3 Å². The molecular formula is C31H35FN4O. The largest absolute Gasteiger partial charge is 0.375 e. The van der Waals surface area contributed by atoms with Crippen LogP contribution >= 0.6 is 0 Å². The molecule has 2 aromatic carbocycles. The second kappa shape index (κ2) is 12.3. The molecule has 1 saturated heterocycles. The maximum atomic E-state index is 13.4. The highest BCUT2D eigenvalue weighted by atomic mass is 19.1. The van der Waals surface area contributed by atoms with Gasteiger partial charge in [-0.25, -0.2) is 14.1 Å². The molecule has 0 bridgehead atoms. The van der Waals surface area contributed by atoms with E-state index >= 15 is 0 Å². The van der Waals surface area contributed by atoms with Gasteiger partial charge in [0, 0.05) is 37.9 Å². The standard InChI is InChI=1S/C31H35FN4O/c1-37-30(26-9-3-2-4-10-26)23-35-19-7-11-25(12-8-20-35)29-22-28(21-24-14-16-27(32)17-15-24)34-36(29)31-13-5-6-18-33-31/h2-6,9-10,13-18,22,25,30H,7-8,11-12,19-21,23H2,1H3. The topological polar surface area (TPSA) is 43.2 Å². The van der Waals surface area contributed by atoms with Crippen molar-refractivity contribution in [2.75, 3.05) is 26.7 Å². The third kappa shape index (κ3) is 6.51. The number of likely N-dealkylation sites (tertiary alicyclic amines) is 1. The predicted octanol–water partition coefficient (Wildman–Crippen LogP) is 6.34. The van der Waals surface area contributed by atoms with Crippen molar-refractivity contribution in [2.45, 2.75) is 44.1 Å². The van der Waals surface area contributed by atoms with E-state index in [1.54, 1.807) is 7.11 Å². The van der Waals surface area contributed by atoms with Crippen LogP contribution in [0.5, 0.6) is 0 Å². The fourth-order valence-electron chi connectivity index (χ4n) is 5.37. The Kier molecular flexibility index (Phi) is 8.39. The molecule has 1 unspecified atom stereocenters. The van der Waals surface area contributed by atoms with Crippen molar-refractivity contribution >= 4 is 0 Å². The Morgan fingerprint density at radius 2 is 1.68 bits per heavy atom. The molecule has 6 heteroatoms. The summed E-state index contributed by atoms with van der Waals surface area (Å²) in [4.78, 5) is 7.14. The van der Waals surface area contributed by atoms with E-state index in [9.17, 15) is 4.39 Å². The number of benzene rings is 2. The van der Waals surface area contributed by atoms with Crippen LogP contribution in [0.4, 0.5) is 4.39 Å². The normalized spacial score (nSPS) is 16.3. The van der Waals surface area contributed by atoms with Crippen LogP contribution in [-0.4, -0.2) is 46.4 Å². The molecule has 1 aliphatic rings. The lowest BCUT2D eigenvalue weighted by Crippen LogP contribution is -2.33. The molecule has 0 N–H and O–H groups in total. The van der Waals surface area contributed by atoms with Crippen LogP contribution in [0.3, 0.4) is 0 Å². The number of ether oxygens (including phenoxy) is 1. The summed E-state index contributed by atoms with van der Waals surface area (Å²) in [6.07, 6.45) is 7.03. The average Bonchev–Trinajstić information content (AvgIpc) is 3.34. The van der Waals surface area contributed by atoms with E-state index in [-0.39, 0.29) is 11.9 Å². The zero-order chi connectivity index (χ0) is 25.5. The van der Waals surface area contributed by atoms with Crippen molar-refractivity contribution in [3.05, 3.63) is 113 Å². The Labute approximate surface area is 218 Å². The lowest BCUT2D eigenvalue weighted by atomic mass is 9.91. The second-order valence-electron chi connectivity index (χ2n) is 9.88. The smallest absolute Gasteiger partial charge is 0.153 e. The highest BCUT2D eigenvalue weighted by molar-refractivity contribution is 5.31. The van der Waals surface area contributed by atoms with E-state index < -0.39 is 0 Å². The fourth-order valence-corrected chi connectivity index (χ4v) is 5.37. The van der Waals surface area contributed by atoms with Gasteiger partial charge >= 0.3 is 0 Å². The van der Waals surface area contributed by atoms with Gasteiger partial charge in [0.1, 0.15) is 5.82 Å². The molecule has 0 amide bonds. The van der Waals surface area contributed by atoms with Gasteiger partial charge < -0.3 is 9.64 Å². The summed E-state index contributed by atoms with van der Waals surface area (Å²) in [6.45, 7) is 3.03. The van der Waals surface area contributed by atoms with Crippen LogP contribution in [0.15, 0.2) is 85.1 Å². The van der Waals surface area contributed by atoms with E-state index in [4.69, 9.17) is 9.84 Å². The van der Waals surface area contributed by atoms with Crippen molar-refractivity contribution in [3.8, 4) is 5.82 Å². The third-order valence-corrected chi connectivity index (χ3v) is 7.30. The van der Waals surface area contributed by atoms with Gasteiger partial charge in [-0.05, 0) is 80.2 Å². The van der Waals surface area contributed by atoms with Crippen LogP contribution in [0.1, 0.15) is 60.2 Å². The molecule has 2 aromatic heterocycles. The molecule has 1 atom stereocenters. The van der Waals surface area contributed by atoms with Crippen molar-refractivity contribution in [3.63, 3.8) is 0 Å². The summed E-state index contributed by atoms with van der Waals surface area (Å²) in [5.41, 5.74) is 4.50. The summed E-state index contributed by atoms with van der Waals surface area (Å²) < 4.78 is 21.3. The summed E-state index contributed by atoms with van der Waals surface area (Å²) >= 11 is 0. The van der Waals surface area contributed by atoms with Gasteiger partial charge in [-0.1, -0.05) is 48.5 Å². The van der Waals surface area contributed by atoms with Crippen LogP contribution in [0.25, 0.3) is 5.82 Å². The first-order valence-electron chi connectivity index (χ1n) is 13.2. The summed E-state index contributed by atoms with van der Waals surface area (Å²) in [5, 5.41) is 4.96. The molecule has 1 aliphatic heterocycles. The number of nitrogens with zero attached hydrogens (tertiary/aromatic N) is 4. The monoisotopic (exact) mass is 498 g/mol. The number of halogens is 1. The lowest BCUT2D eigenvalue weighted by Gasteiger charge is -2.30. The number of pyridine rings is 1. The number of hydrogen-bond donors (Lipinski definition) is 0. The van der Waals surface area contributed by atoms with Gasteiger partial charge in [0.05, 0.1) is 11.8 Å². The average molecular weight is 499 g/mol. The zero-order valence-corrected chi connectivity index (χ0v) is 21.5. The van der Waals surface area contributed by atoms with Crippen molar-refractivity contribution in [1.82, 2.24) is 19.7 Å². The van der Waals surface area contributed by atoms with Crippen molar-refractivity contribution in [2.24, 2.45) is 0 Å².